The van der Waals surface area contributed by atoms with Crippen molar-refractivity contribution in [3.63, 3.8) is 0 Å². The Bertz CT molecular complexity index is 160. The first kappa shape index (κ1) is 10.5. The van der Waals surface area contributed by atoms with Gasteiger partial charge in [0, 0.05) is 5.33 Å². The number of hydrogen-bond acceptors (Lipinski definition) is 2. The van der Waals surface area contributed by atoms with Gasteiger partial charge < -0.3 is 4.74 Å². The standard InChI is InChI=1S/C8H12BrNO/c1-11-8(7-10)5-3-2-4-6-9/h5H,2-4,6H2,1H3/b8-5+. The Labute approximate surface area is 76.0 Å². The van der Waals surface area contributed by atoms with E-state index >= 15 is 0 Å². The minimum absolute atomic E-state index is 0.416. The van der Waals surface area contributed by atoms with E-state index in [-0.39, 0.29) is 0 Å². The van der Waals surface area contributed by atoms with Crippen LogP contribution < -0.4 is 0 Å². The zero-order valence-electron chi connectivity index (χ0n) is 6.64. The molecule has 0 saturated carbocycles. The Morgan fingerprint density at radius 1 is 1.64 bits per heavy atom. The fourth-order valence-electron chi connectivity index (χ4n) is 0.647. The van der Waals surface area contributed by atoms with Gasteiger partial charge in [0.1, 0.15) is 6.07 Å². The summed E-state index contributed by atoms with van der Waals surface area (Å²) >= 11 is 3.33. The van der Waals surface area contributed by atoms with Crippen molar-refractivity contribution in [1.82, 2.24) is 0 Å². The Morgan fingerprint density at radius 2 is 2.36 bits per heavy atom. The number of alkyl halides is 1. The van der Waals surface area contributed by atoms with Crippen molar-refractivity contribution in [1.29, 1.82) is 5.26 Å². The first-order chi connectivity index (χ1) is 5.35. The van der Waals surface area contributed by atoms with Gasteiger partial charge in [-0.2, -0.15) is 5.26 Å². The van der Waals surface area contributed by atoms with Crippen LogP contribution in [0, 0.1) is 11.3 Å². The molecule has 3 heteroatoms. The molecule has 0 spiro atoms. The summed E-state index contributed by atoms with van der Waals surface area (Å²) in [5.74, 6) is 0.416. The van der Waals surface area contributed by atoms with Crippen LogP contribution in [0.4, 0.5) is 0 Å². The van der Waals surface area contributed by atoms with Crippen molar-refractivity contribution in [2.45, 2.75) is 19.3 Å². The number of halogens is 1. The van der Waals surface area contributed by atoms with Crippen LogP contribution in [0.1, 0.15) is 19.3 Å². The van der Waals surface area contributed by atoms with Crippen LogP contribution in [0.2, 0.25) is 0 Å². The molecule has 2 nitrogen and oxygen atoms in total. The maximum Gasteiger partial charge on any atom is 0.192 e. The van der Waals surface area contributed by atoms with Crippen LogP contribution in [0.25, 0.3) is 0 Å². The SMILES string of the molecule is CO/C(C#N)=C/CCCCBr. The average molecular weight is 218 g/mol. The molecule has 0 heterocycles. The van der Waals surface area contributed by atoms with Crippen molar-refractivity contribution >= 4 is 15.9 Å². The number of hydrogen-bond donors (Lipinski definition) is 0. The van der Waals surface area contributed by atoms with E-state index in [1.807, 2.05) is 12.1 Å². The highest BCUT2D eigenvalue weighted by molar-refractivity contribution is 9.09. The van der Waals surface area contributed by atoms with Crippen molar-refractivity contribution in [3.8, 4) is 6.07 Å². The summed E-state index contributed by atoms with van der Waals surface area (Å²) in [7, 11) is 1.51. The lowest BCUT2D eigenvalue weighted by Gasteiger charge is -1.94. The molecule has 0 unspecified atom stereocenters. The number of unbranched alkanes of at least 4 members (excludes halogenated alkanes) is 2. The zero-order valence-corrected chi connectivity index (χ0v) is 8.23. The summed E-state index contributed by atoms with van der Waals surface area (Å²) < 4.78 is 4.77. The van der Waals surface area contributed by atoms with Gasteiger partial charge >= 0.3 is 0 Å². The molecule has 0 aliphatic rings. The number of nitrogens with zero attached hydrogens (tertiary/aromatic N) is 1. The van der Waals surface area contributed by atoms with Gasteiger partial charge in [0.05, 0.1) is 7.11 Å². The molecule has 0 rings (SSSR count). The minimum atomic E-state index is 0.416. The monoisotopic (exact) mass is 217 g/mol. The van der Waals surface area contributed by atoms with Gasteiger partial charge in [-0.3, -0.25) is 0 Å². The Morgan fingerprint density at radius 3 is 2.82 bits per heavy atom. The third-order valence-corrected chi connectivity index (χ3v) is 1.81. The predicted octanol–water partition coefficient (Wildman–Crippen LogP) is 2.61. The normalized spacial score (nSPS) is 10.8. The molecular formula is C8H12BrNO. The molecule has 0 aromatic rings. The molecule has 0 saturated heterocycles. The lowest BCUT2D eigenvalue weighted by Crippen LogP contribution is -1.82. The molecule has 0 amide bonds. The number of nitriles is 1. The largest absolute Gasteiger partial charge is 0.487 e. The van der Waals surface area contributed by atoms with Crippen LogP contribution in [0.5, 0.6) is 0 Å². The highest BCUT2D eigenvalue weighted by Crippen LogP contribution is 2.02. The summed E-state index contributed by atoms with van der Waals surface area (Å²) in [6.07, 6.45) is 4.98. The Kier molecular flexibility index (Phi) is 7.28. The fourth-order valence-corrected chi connectivity index (χ4v) is 1.04. The van der Waals surface area contributed by atoms with E-state index in [4.69, 9.17) is 10.00 Å². The van der Waals surface area contributed by atoms with Crippen LogP contribution in [-0.2, 0) is 4.74 Å². The Hall–Kier alpha value is -0.490. The van der Waals surface area contributed by atoms with Gasteiger partial charge in [0.2, 0.25) is 0 Å². The molecule has 0 atom stereocenters. The fraction of sp³-hybridized carbons (Fsp3) is 0.625. The molecule has 0 aromatic carbocycles. The molecule has 0 radical (unpaired) electrons. The summed E-state index contributed by atoms with van der Waals surface area (Å²) in [4.78, 5) is 0. The smallest absolute Gasteiger partial charge is 0.192 e. The quantitative estimate of drug-likeness (QED) is 0.307. The van der Waals surface area contributed by atoms with E-state index in [2.05, 4.69) is 15.9 Å². The van der Waals surface area contributed by atoms with E-state index in [1.165, 1.54) is 7.11 Å². The van der Waals surface area contributed by atoms with Gasteiger partial charge in [-0.05, 0) is 25.3 Å². The number of methoxy groups -OCH3 is 1. The second-order valence-corrected chi connectivity index (χ2v) is 2.86. The van der Waals surface area contributed by atoms with Gasteiger partial charge in [-0.25, -0.2) is 0 Å². The number of allylic oxidation sites excluding steroid dienone is 2. The molecule has 11 heavy (non-hydrogen) atoms. The van der Waals surface area contributed by atoms with E-state index in [0.717, 1.165) is 24.6 Å². The zero-order chi connectivity index (χ0) is 8.53. The summed E-state index contributed by atoms with van der Waals surface area (Å²) in [6, 6.07) is 1.96. The van der Waals surface area contributed by atoms with Gasteiger partial charge in [-0.1, -0.05) is 15.9 Å². The van der Waals surface area contributed by atoms with Gasteiger partial charge in [0.25, 0.3) is 0 Å². The maximum absolute atomic E-state index is 8.43. The molecular weight excluding hydrogens is 206 g/mol. The predicted molar refractivity (Wildman–Crippen MR) is 48.4 cm³/mol. The summed E-state index contributed by atoms with van der Waals surface area (Å²) in [5, 5.41) is 9.45. The number of rotatable bonds is 5. The van der Waals surface area contributed by atoms with E-state index in [9.17, 15) is 0 Å². The molecule has 62 valence electrons. The number of ether oxygens (including phenoxy) is 1. The second-order valence-electron chi connectivity index (χ2n) is 2.07. The van der Waals surface area contributed by atoms with Crippen LogP contribution in [0.15, 0.2) is 11.8 Å². The van der Waals surface area contributed by atoms with Gasteiger partial charge in [-0.15, -0.1) is 0 Å². The minimum Gasteiger partial charge on any atom is -0.487 e. The maximum atomic E-state index is 8.43. The topological polar surface area (TPSA) is 33.0 Å². The van der Waals surface area contributed by atoms with Crippen LogP contribution in [0.3, 0.4) is 0 Å². The third-order valence-electron chi connectivity index (χ3n) is 1.25. The highest BCUT2D eigenvalue weighted by atomic mass is 79.9. The van der Waals surface area contributed by atoms with Gasteiger partial charge in [0.15, 0.2) is 5.76 Å². The molecule has 0 aliphatic heterocycles. The van der Waals surface area contributed by atoms with Crippen molar-refractivity contribution < 1.29 is 4.74 Å². The van der Waals surface area contributed by atoms with Crippen molar-refractivity contribution in [3.05, 3.63) is 11.8 Å². The van der Waals surface area contributed by atoms with E-state index in [1.54, 1.807) is 0 Å². The second kappa shape index (κ2) is 7.62. The Balaban J connectivity index is 3.47. The third kappa shape index (κ3) is 5.93. The molecule has 0 N–H and O–H groups in total. The molecule has 0 aromatic heterocycles. The first-order valence-electron chi connectivity index (χ1n) is 3.55. The molecule has 0 aliphatic carbocycles. The first-order valence-corrected chi connectivity index (χ1v) is 4.67. The average Bonchev–Trinajstić information content (AvgIpc) is 2.05. The van der Waals surface area contributed by atoms with Crippen LogP contribution in [-0.4, -0.2) is 12.4 Å². The van der Waals surface area contributed by atoms with Crippen molar-refractivity contribution in [2.24, 2.45) is 0 Å². The lowest BCUT2D eigenvalue weighted by molar-refractivity contribution is 0.308. The lowest BCUT2D eigenvalue weighted by atomic mass is 10.2. The summed E-state index contributed by atoms with van der Waals surface area (Å²) in [6.45, 7) is 0. The van der Waals surface area contributed by atoms with E-state index in [0.29, 0.717) is 5.76 Å². The van der Waals surface area contributed by atoms with Crippen LogP contribution >= 0.6 is 15.9 Å². The molecule has 0 fully saturated rings. The van der Waals surface area contributed by atoms with E-state index < -0.39 is 0 Å². The van der Waals surface area contributed by atoms with Crippen molar-refractivity contribution in [2.75, 3.05) is 12.4 Å². The highest BCUT2D eigenvalue weighted by Gasteiger charge is 1.90. The summed E-state index contributed by atoms with van der Waals surface area (Å²) in [5.41, 5.74) is 0. The molecule has 0 bridgehead atoms.